The molecule has 0 aliphatic carbocycles. The van der Waals surface area contributed by atoms with Crippen molar-refractivity contribution in [1.29, 1.82) is 0 Å². The third kappa shape index (κ3) is 5.12. The van der Waals surface area contributed by atoms with Gasteiger partial charge in [0, 0.05) is 6.42 Å². The fourth-order valence-electron chi connectivity index (χ4n) is 4.71. The van der Waals surface area contributed by atoms with Gasteiger partial charge in [0.05, 0.1) is 25.4 Å². The zero-order valence-corrected chi connectivity index (χ0v) is 20.6. The third-order valence-electron chi connectivity index (χ3n) is 6.44. The fraction of sp³-hybridized carbons (Fsp3) is 0.538. The molecule has 1 N–H and O–H groups in total. The molecule has 1 aliphatic heterocycles. The van der Waals surface area contributed by atoms with Gasteiger partial charge in [-0.3, -0.25) is 0 Å². The minimum absolute atomic E-state index is 0.0994. The number of aliphatic hydroxyl groups excluding tert-OH is 1. The normalized spacial score (nSPS) is 20.0. The average Bonchev–Trinajstić information content (AvgIpc) is 3.18. The summed E-state index contributed by atoms with van der Waals surface area (Å²) in [7, 11) is -2.64. The van der Waals surface area contributed by atoms with Gasteiger partial charge in [-0.25, -0.2) is 0 Å². The van der Waals surface area contributed by atoms with Crippen LogP contribution >= 0.6 is 0 Å². The largest absolute Gasteiger partial charge is 0.405 e. The van der Waals surface area contributed by atoms with E-state index in [1.165, 1.54) is 10.4 Å². The predicted molar refractivity (Wildman–Crippen MR) is 128 cm³/mol. The molecule has 3 rings (SSSR count). The van der Waals surface area contributed by atoms with Crippen molar-refractivity contribution in [2.45, 2.75) is 76.9 Å². The first-order chi connectivity index (χ1) is 14.8. The van der Waals surface area contributed by atoms with E-state index in [0.717, 1.165) is 12.8 Å². The Labute approximate surface area is 188 Å². The van der Waals surface area contributed by atoms with Gasteiger partial charge in [0.1, 0.15) is 0 Å². The second kappa shape index (κ2) is 9.97. The standard InChI is InChI=1S/C26H38O4Si/c1-6-26(7-2)28-20-22(30-26)18-21(27)19-29-31(25(3,4)5,23-14-10-8-11-15-23)24-16-12-9-13-17-24/h8-17,21-22,27H,6-7,18-20H2,1-5H3/t21-,22+/m0/s1. The Morgan fingerprint density at radius 2 is 1.52 bits per heavy atom. The Morgan fingerprint density at radius 1 is 1.00 bits per heavy atom. The molecule has 1 heterocycles. The summed E-state index contributed by atoms with van der Waals surface area (Å²) in [4.78, 5) is 0. The van der Waals surface area contributed by atoms with Crippen LogP contribution in [0.15, 0.2) is 60.7 Å². The van der Waals surface area contributed by atoms with Crippen molar-refractivity contribution >= 4 is 18.7 Å². The summed E-state index contributed by atoms with van der Waals surface area (Å²) in [5.74, 6) is -0.497. The van der Waals surface area contributed by atoms with Gasteiger partial charge in [-0.1, -0.05) is 95.3 Å². The fourth-order valence-corrected chi connectivity index (χ4v) is 9.31. The summed E-state index contributed by atoms with van der Waals surface area (Å²) in [6.45, 7) is 11.7. The molecule has 1 saturated heterocycles. The Kier molecular flexibility index (Phi) is 7.76. The number of aliphatic hydroxyl groups is 1. The summed E-state index contributed by atoms with van der Waals surface area (Å²) in [6, 6.07) is 21.0. The molecule has 0 spiro atoms. The first kappa shape index (κ1) is 24.1. The van der Waals surface area contributed by atoms with Crippen LogP contribution in [-0.4, -0.2) is 44.6 Å². The van der Waals surface area contributed by atoms with E-state index in [4.69, 9.17) is 13.9 Å². The van der Waals surface area contributed by atoms with Crippen molar-refractivity contribution < 1.29 is 19.0 Å². The van der Waals surface area contributed by atoms with Gasteiger partial charge in [-0.05, 0) is 28.3 Å². The molecule has 0 bridgehead atoms. The summed E-state index contributed by atoms with van der Waals surface area (Å²) in [5, 5.41) is 13.2. The maximum absolute atomic E-state index is 10.9. The van der Waals surface area contributed by atoms with Crippen LogP contribution in [0.1, 0.15) is 53.9 Å². The second-order valence-electron chi connectivity index (χ2n) is 9.53. The number of rotatable bonds is 9. The van der Waals surface area contributed by atoms with Gasteiger partial charge in [-0.2, -0.15) is 0 Å². The lowest BCUT2D eigenvalue weighted by Crippen LogP contribution is -2.67. The van der Waals surface area contributed by atoms with Crippen molar-refractivity contribution in [3.8, 4) is 0 Å². The van der Waals surface area contributed by atoms with E-state index in [0.29, 0.717) is 13.0 Å². The van der Waals surface area contributed by atoms with Crippen LogP contribution in [0, 0.1) is 0 Å². The lowest BCUT2D eigenvalue weighted by molar-refractivity contribution is -0.174. The van der Waals surface area contributed by atoms with Crippen molar-refractivity contribution in [2.24, 2.45) is 0 Å². The third-order valence-corrected chi connectivity index (χ3v) is 11.4. The van der Waals surface area contributed by atoms with Gasteiger partial charge >= 0.3 is 0 Å². The molecule has 4 nitrogen and oxygen atoms in total. The Bertz CT molecular complexity index is 760. The van der Waals surface area contributed by atoms with E-state index in [-0.39, 0.29) is 17.7 Å². The minimum Gasteiger partial charge on any atom is -0.405 e. The highest BCUT2D eigenvalue weighted by Gasteiger charge is 2.50. The maximum atomic E-state index is 10.9. The molecular formula is C26H38O4Si. The first-order valence-corrected chi connectivity index (χ1v) is 13.4. The molecule has 2 atom stereocenters. The summed E-state index contributed by atoms with van der Waals surface area (Å²) >= 11 is 0. The minimum atomic E-state index is -2.64. The zero-order chi connectivity index (χ0) is 22.5. The highest BCUT2D eigenvalue weighted by molar-refractivity contribution is 6.99. The number of ether oxygens (including phenoxy) is 2. The Morgan fingerprint density at radius 3 is 1.94 bits per heavy atom. The van der Waals surface area contributed by atoms with Crippen LogP contribution in [0.5, 0.6) is 0 Å². The topological polar surface area (TPSA) is 47.9 Å². The molecule has 2 aromatic rings. The molecule has 1 aliphatic rings. The molecule has 2 aromatic carbocycles. The molecule has 31 heavy (non-hydrogen) atoms. The van der Waals surface area contributed by atoms with Crippen molar-refractivity contribution in [3.63, 3.8) is 0 Å². The lowest BCUT2D eigenvalue weighted by atomic mass is 10.1. The van der Waals surface area contributed by atoms with Gasteiger partial charge in [0.25, 0.3) is 8.32 Å². The summed E-state index contributed by atoms with van der Waals surface area (Å²) < 4.78 is 18.9. The number of benzene rings is 2. The summed E-state index contributed by atoms with van der Waals surface area (Å²) in [6.07, 6.45) is 1.43. The Balaban J connectivity index is 1.82. The van der Waals surface area contributed by atoms with Crippen molar-refractivity contribution in [3.05, 3.63) is 60.7 Å². The van der Waals surface area contributed by atoms with Crippen LogP contribution in [0.25, 0.3) is 0 Å². The highest BCUT2D eigenvalue weighted by Crippen LogP contribution is 2.37. The van der Waals surface area contributed by atoms with E-state index < -0.39 is 20.2 Å². The van der Waals surface area contributed by atoms with E-state index in [1.54, 1.807) is 0 Å². The van der Waals surface area contributed by atoms with Crippen LogP contribution < -0.4 is 10.4 Å². The molecule has 0 aromatic heterocycles. The molecule has 0 amide bonds. The van der Waals surface area contributed by atoms with Crippen LogP contribution in [0.3, 0.4) is 0 Å². The lowest BCUT2D eigenvalue weighted by Gasteiger charge is -2.43. The molecule has 0 unspecified atom stereocenters. The average molecular weight is 443 g/mol. The molecular weight excluding hydrogens is 404 g/mol. The van der Waals surface area contributed by atoms with Crippen LogP contribution in [0.2, 0.25) is 5.04 Å². The van der Waals surface area contributed by atoms with E-state index in [2.05, 4.69) is 83.1 Å². The second-order valence-corrected chi connectivity index (χ2v) is 13.8. The molecule has 5 heteroatoms. The Hall–Kier alpha value is -1.50. The highest BCUT2D eigenvalue weighted by atomic mass is 28.4. The SMILES string of the molecule is CCC1(CC)OC[C@@H](C[C@H](O)CO[Si](c2ccccc2)(c2ccccc2)C(C)(C)C)O1. The molecule has 1 fully saturated rings. The summed E-state index contributed by atoms with van der Waals surface area (Å²) in [5.41, 5.74) is 0. The monoisotopic (exact) mass is 442 g/mol. The van der Waals surface area contributed by atoms with Gasteiger partial charge in [0.15, 0.2) is 5.79 Å². The van der Waals surface area contributed by atoms with Crippen molar-refractivity contribution in [1.82, 2.24) is 0 Å². The van der Waals surface area contributed by atoms with Gasteiger partial charge in [-0.15, -0.1) is 0 Å². The zero-order valence-electron chi connectivity index (χ0n) is 19.6. The van der Waals surface area contributed by atoms with E-state index in [9.17, 15) is 5.11 Å². The predicted octanol–water partition coefficient (Wildman–Crippen LogP) is 4.25. The van der Waals surface area contributed by atoms with Crippen LogP contribution in [0.4, 0.5) is 0 Å². The smallest absolute Gasteiger partial charge is 0.261 e. The van der Waals surface area contributed by atoms with Crippen LogP contribution in [-0.2, 0) is 13.9 Å². The number of hydrogen-bond donors (Lipinski definition) is 1. The maximum Gasteiger partial charge on any atom is 0.261 e. The molecule has 0 radical (unpaired) electrons. The molecule has 0 saturated carbocycles. The quantitative estimate of drug-likeness (QED) is 0.590. The van der Waals surface area contributed by atoms with Crippen molar-refractivity contribution in [2.75, 3.05) is 13.2 Å². The van der Waals surface area contributed by atoms with Gasteiger partial charge < -0.3 is 19.0 Å². The van der Waals surface area contributed by atoms with Gasteiger partial charge in [0.2, 0.25) is 0 Å². The first-order valence-electron chi connectivity index (χ1n) is 11.5. The van der Waals surface area contributed by atoms with E-state index in [1.807, 2.05) is 12.1 Å². The molecule has 170 valence electrons. The van der Waals surface area contributed by atoms with E-state index >= 15 is 0 Å². The number of hydrogen-bond acceptors (Lipinski definition) is 4.